The quantitative estimate of drug-likeness (QED) is 0.299. The van der Waals surface area contributed by atoms with E-state index in [1.165, 1.54) is 55.1 Å². The lowest BCUT2D eigenvalue weighted by atomic mass is 10.0. The number of hydrogen-bond acceptors (Lipinski definition) is 12. The van der Waals surface area contributed by atoms with Gasteiger partial charge in [-0.25, -0.2) is 4.79 Å². The first-order chi connectivity index (χ1) is 22.8. The van der Waals surface area contributed by atoms with E-state index in [9.17, 15) is 28.8 Å². The van der Waals surface area contributed by atoms with E-state index in [0.717, 1.165) is 0 Å². The smallest absolute Gasteiger partial charge is 0.335 e. The van der Waals surface area contributed by atoms with E-state index < -0.39 is 5.97 Å². The second kappa shape index (κ2) is 14.2. The van der Waals surface area contributed by atoms with Gasteiger partial charge in [-0.2, -0.15) is 0 Å². The van der Waals surface area contributed by atoms with E-state index in [4.69, 9.17) is 23.4 Å². The van der Waals surface area contributed by atoms with Crippen molar-refractivity contribution in [3.05, 3.63) is 79.1 Å². The number of hydrogen-bond donors (Lipinski definition) is 1. The number of aromatic carboxylic acids is 1. The molecule has 0 radical (unpaired) electrons. The third-order valence-corrected chi connectivity index (χ3v) is 7.94. The Morgan fingerprint density at radius 3 is 1.42 bits per heavy atom. The highest BCUT2D eigenvalue weighted by Crippen LogP contribution is 2.27. The standard InChI is InChI=1S/C18H20N2O5.C16H15NO6/c1-11(21)13-8-12(18(23)19(2)3)9-14-15(22)10-16(25-17(13)14)20-4-6-24-7-5-20;1-9(18)11-6-10(16(20)21)7-12-13(19)8-14(23-15(11)12)17-2-4-22-5-3-17/h8-10H,4-7H2,1-3H3;6-8H,2-5H2,1H3,(H,20,21). The van der Waals surface area contributed by atoms with Crippen LogP contribution in [0.3, 0.4) is 0 Å². The van der Waals surface area contributed by atoms with Crippen molar-refractivity contribution in [2.75, 3.05) is 76.5 Å². The van der Waals surface area contributed by atoms with Gasteiger partial charge in [-0.3, -0.25) is 24.0 Å². The molecule has 2 fully saturated rings. The van der Waals surface area contributed by atoms with E-state index in [0.29, 0.717) is 64.4 Å². The van der Waals surface area contributed by atoms with E-state index in [-0.39, 0.29) is 72.5 Å². The van der Waals surface area contributed by atoms with Gasteiger partial charge in [-0.1, -0.05) is 0 Å². The summed E-state index contributed by atoms with van der Waals surface area (Å²) in [6, 6.07) is 8.17. The first kappa shape index (κ1) is 34.0. The largest absolute Gasteiger partial charge is 0.478 e. The summed E-state index contributed by atoms with van der Waals surface area (Å²) >= 11 is 0. The Labute approximate surface area is 274 Å². The minimum atomic E-state index is -1.20. The Kier molecular flexibility index (Phi) is 10.1. The molecule has 0 atom stereocenters. The molecule has 0 saturated carbocycles. The van der Waals surface area contributed by atoms with E-state index in [1.54, 1.807) is 14.1 Å². The molecular weight excluding hydrogens is 626 g/mol. The van der Waals surface area contributed by atoms with Crippen LogP contribution in [0.2, 0.25) is 0 Å². The highest BCUT2D eigenvalue weighted by atomic mass is 16.5. The first-order valence-corrected chi connectivity index (χ1v) is 15.2. The van der Waals surface area contributed by atoms with Crippen LogP contribution >= 0.6 is 0 Å². The Balaban J connectivity index is 0.000000188. The fourth-order valence-electron chi connectivity index (χ4n) is 5.40. The average Bonchev–Trinajstić information content (AvgIpc) is 3.07. The summed E-state index contributed by atoms with van der Waals surface area (Å²) in [5, 5.41) is 9.46. The summed E-state index contributed by atoms with van der Waals surface area (Å²) in [4.78, 5) is 77.5. The molecule has 252 valence electrons. The Morgan fingerprint density at radius 2 is 1.04 bits per heavy atom. The lowest BCUT2D eigenvalue weighted by molar-refractivity contribution is 0.0696. The molecular formula is C34H35N3O11. The molecule has 2 aromatic heterocycles. The van der Waals surface area contributed by atoms with Crippen molar-refractivity contribution >= 4 is 57.1 Å². The Bertz CT molecular complexity index is 2030. The molecule has 2 aliphatic heterocycles. The summed E-state index contributed by atoms with van der Waals surface area (Å²) in [5.74, 6) is -1.33. The van der Waals surface area contributed by atoms with Gasteiger partial charge in [-0.05, 0) is 38.1 Å². The van der Waals surface area contributed by atoms with Crippen molar-refractivity contribution in [2.24, 2.45) is 0 Å². The van der Waals surface area contributed by atoms with Gasteiger partial charge in [0.1, 0.15) is 0 Å². The zero-order valence-electron chi connectivity index (χ0n) is 27.0. The summed E-state index contributed by atoms with van der Waals surface area (Å²) in [6.45, 7) is 7.24. The zero-order chi connectivity index (χ0) is 34.7. The van der Waals surface area contributed by atoms with Gasteiger partial charge < -0.3 is 38.1 Å². The summed E-state index contributed by atoms with van der Waals surface area (Å²) in [7, 11) is 3.23. The number of carboxylic acids is 1. The molecule has 0 spiro atoms. The van der Waals surface area contributed by atoms with Crippen LogP contribution in [-0.2, 0) is 9.47 Å². The predicted octanol–water partition coefficient (Wildman–Crippen LogP) is 3.06. The minimum absolute atomic E-state index is 0.0899. The van der Waals surface area contributed by atoms with Crippen molar-refractivity contribution in [1.29, 1.82) is 0 Å². The number of fused-ring (bicyclic) bond motifs is 2. The third-order valence-electron chi connectivity index (χ3n) is 7.94. The third kappa shape index (κ3) is 7.14. The summed E-state index contributed by atoms with van der Waals surface area (Å²) < 4.78 is 22.2. The molecule has 2 aromatic carbocycles. The van der Waals surface area contributed by atoms with E-state index >= 15 is 0 Å². The van der Waals surface area contributed by atoms with Gasteiger partial charge in [0.2, 0.25) is 0 Å². The molecule has 0 bridgehead atoms. The van der Waals surface area contributed by atoms with Crippen LogP contribution in [0.4, 0.5) is 11.8 Å². The number of nitrogens with zero attached hydrogens (tertiary/aromatic N) is 3. The number of ketones is 2. The Morgan fingerprint density at radius 1 is 0.646 bits per heavy atom. The molecule has 48 heavy (non-hydrogen) atoms. The van der Waals surface area contributed by atoms with Gasteiger partial charge in [0.15, 0.2) is 45.4 Å². The second-order valence-corrected chi connectivity index (χ2v) is 11.5. The number of rotatable bonds is 6. The number of carbonyl (C=O) groups is 4. The molecule has 14 heteroatoms. The van der Waals surface area contributed by atoms with Gasteiger partial charge in [0.25, 0.3) is 5.91 Å². The summed E-state index contributed by atoms with van der Waals surface area (Å²) in [5.41, 5.74) is 0.176. The predicted molar refractivity (Wildman–Crippen MR) is 176 cm³/mol. The molecule has 4 aromatic rings. The maximum absolute atomic E-state index is 12.6. The maximum atomic E-state index is 12.6. The Hall–Kier alpha value is -5.34. The number of amides is 1. The normalized spacial score (nSPS) is 14.8. The van der Waals surface area contributed by atoms with E-state index in [2.05, 4.69) is 0 Å². The number of carbonyl (C=O) groups excluding carboxylic acids is 3. The monoisotopic (exact) mass is 661 g/mol. The van der Waals surface area contributed by atoms with Crippen LogP contribution in [0.15, 0.2) is 54.8 Å². The number of anilines is 2. The molecule has 1 N–H and O–H groups in total. The van der Waals surface area contributed by atoms with Gasteiger partial charge in [0.05, 0.1) is 53.9 Å². The number of carboxylic acid groups (broad SMARTS) is 1. The van der Waals surface area contributed by atoms with Crippen molar-refractivity contribution in [3.8, 4) is 0 Å². The van der Waals surface area contributed by atoms with Crippen LogP contribution < -0.4 is 20.7 Å². The van der Waals surface area contributed by atoms with Crippen LogP contribution in [0.5, 0.6) is 0 Å². The molecule has 0 unspecified atom stereocenters. The molecule has 1 amide bonds. The second-order valence-electron chi connectivity index (χ2n) is 11.5. The van der Waals surface area contributed by atoms with Crippen molar-refractivity contribution < 1.29 is 42.6 Å². The molecule has 0 aliphatic carbocycles. The highest BCUT2D eigenvalue weighted by Gasteiger charge is 2.22. The first-order valence-electron chi connectivity index (χ1n) is 15.2. The lowest BCUT2D eigenvalue weighted by Gasteiger charge is -2.27. The van der Waals surface area contributed by atoms with Crippen LogP contribution in [0.1, 0.15) is 55.3 Å². The molecule has 4 heterocycles. The number of ether oxygens (including phenoxy) is 2. The zero-order valence-corrected chi connectivity index (χ0v) is 27.0. The number of morpholine rings is 2. The maximum Gasteiger partial charge on any atom is 0.335 e. The average molecular weight is 662 g/mol. The molecule has 6 rings (SSSR count). The van der Waals surface area contributed by atoms with E-state index in [1.807, 2.05) is 9.80 Å². The van der Waals surface area contributed by atoms with Crippen molar-refractivity contribution in [3.63, 3.8) is 0 Å². The minimum Gasteiger partial charge on any atom is -0.478 e. The van der Waals surface area contributed by atoms with Gasteiger partial charge >= 0.3 is 5.97 Å². The number of Topliss-reactive ketones (excluding diaryl/α,β-unsaturated/α-hetero) is 2. The number of benzene rings is 2. The van der Waals surface area contributed by atoms with Gasteiger partial charge in [0, 0.05) is 58.0 Å². The van der Waals surface area contributed by atoms with Crippen LogP contribution in [-0.4, -0.2) is 100 Å². The lowest BCUT2D eigenvalue weighted by Crippen LogP contribution is -2.36. The highest BCUT2D eigenvalue weighted by molar-refractivity contribution is 6.09. The molecule has 2 aliphatic rings. The fourth-order valence-corrected chi connectivity index (χ4v) is 5.40. The summed E-state index contributed by atoms with van der Waals surface area (Å²) in [6.07, 6.45) is 0. The fraction of sp³-hybridized carbons (Fsp3) is 0.353. The van der Waals surface area contributed by atoms with Crippen LogP contribution in [0, 0.1) is 0 Å². The van der Waals surface area contributed by atoms with Gasteiger partial charge in [-0.15, -0.1) is 0 Å². The van der Waals surface area contributed by atoms with Crippen LogP contribution in [0.25, 0.3) is 21.9 Å². The topological polar surface area (TPSA) is 177 Å². The van der Waals surface area contributed by atoms with Crippen molar-refractivity contribution in [1.82, 2.24) is 4.90 Å². The SMILES string of the molecule is CC(=O)c1cc(C(=O)N(C)C)cc2c(=O)cc(N3CCOCC3)oc12.CC(=O)c1cc(C(=O)O)cc2c(=O)cc(N3CCOCC3)oc12. The molecule has 14 nitrogen and oxygen atoms in total. The molecule has 2 saturated heterocycles. The van der Waals surface area contributed by atoms with Crippen molar-refractivity contribution in [2.45, 2.75) is 13.8 Å².